The number of nitrogens with zero attached hydrogens (tertiary/aromatic N) is 3. The maximum atomic E-state index is 11.5. The molecule has 0 radical (unpaired) electrons. The van der Waals surface area contributed by atoms with Gasteiger partial charge in [-0.05, 0) is 26.0 Å². The van der Waals surface area contributed by atoms with E-state index in [0.717, 1.165) is 5.82 Å². The zero-order valence-corrected chi connectivity index (χ0v) is 10.8. The van der Waals surface area contributed by atoms with Crippen LogP contribution in [0, 0.1) is 0 Å². The van der Waals surface area contributed by atoms with Crippen LogP contribution in [0.2, 0.25) is 0 Å². The lowest BCUT2D eigenvalue weighted by Gasteiger charge is -2.11. The minimum absolute atomic E-state index is 0.0524. The van der Waals surface area contributed by atoms with E-state index in [4.69, 9.17) is 4.74 Å². The van der Waals surface area contributed by atoms with Gasteiger partial charge in [0.2, 0.25) is 0 Å². The summed E-state index contributed by atoms with van der Waals surface area (Å²) < 4.78 is 4.89. The van der Waals surface area contributed by atoms with Gasteiger partial charge in [0, 0.05) is 6.20 Å². The Bertz CT molecular complexity index is 524. The number of carbonyl (C=O) groups excluding carboxylic acids is 1. The molecule has 0 saturated heterocycles. The molecular weight excluding hydrogens is 246 g/mol. The molecule has 0 spiro atoms. The maximum Gasteiger partial charge on any atom is 0.339 e. The van der Waals surface area contributed by atoms with Crippen molar-refractivity contribution in [2.45, 2.75) is 19.9 Å². The van der Waals surface area contributed by atoms with Crippen molar-refractivity contribution in [1.82, 2.24) is 20.2 Å². The summed E-state index contributed by atoms with van der Waals surface area (Å²) in [6.45, 7) is 4.04. The Hall–Kier alpha value is -2.44. The molecule has 19 heavy (non-hydrogen) atoms. The van der Waals surface area contributed by atoms with Crippen molar-refractivity contribution in [3.63, 3.8) is 0 Å². The molecular formula is C12H15N5O2. The predicted octanol–water partition coefficient (Wildman–Crippen LogP) is 1.55. The highest BCUT2D eigenvalue weighted by molar-refractivity contribution is 5.89. The molecule has 0 fully saturated rings. The first-order valence-corrected chi connectivity index (χ1v) is 5.95. The summed E-state index contributed by atoms with van der Waals surface area (Å²) in [5.74, 6) is 0.998. The van der Waals surface area contributed by atoms with Gasteiger partial charge in [-0.3, -0.25) is 5.10 Å². The SMILES string of the molecule is CCOC(=O)c1ccc(NC(C)c2ncn[nH]2)nc1. The molecule has 0 aliphatic rings. The van der Waals surface area contributed by atoms with Crippen LogP contribution in [-0.2, 0) is 4.74 Å². The molecule has 2 aromatic heterocycles. The fraction of sp³-hybridized carbons (Fsp3) is 0.333. The molecule has 1 atom stereocenters. The van der Waals surface area contributed by atoms with E-state index in [1.807, 2.05) is 6.92 Å². The van der Waals surface area contributed by atoms with E-state index in [0.29, 0.717) is 18.0 Å². The third-order valence-electron chi connectivity index (χ3n) is 2.48. The minimum atomic E-state index is -0.371. The van der Waals surface area contributed by atoms with Gasteiger partial charge in [-0.25, -0.2) is 14.8 Å². The van der Waals surface area contributed by atoms with E-state index >= 15 is 0 Å². The van der Waals surface area contributed by atoms with Gasteiger partial charge in [0.15, 0.2) is 0 Å². The van der Waals surface area contributed by atoms with Crippen molar-refractivity contribution in [1.29, 1.82) is 0 Å². The van der Waals surface area contributed by atoms with Crippen LogP contribution < -0.4 is 5.32 Å². The minimum Gasteiger partial charge on any atom is -0.462 e. The van der Waals surface area contributed by atoms with E-state index in [1.165, 1.54) is 12.5 Å². The Kier molecular flexibility index (Phi) is 4.07. The summed E-state index contributed by atoms with van der Waals surface area (Å²) in [6.07, 6.45) is 2.93. The van der Waals surface area contributed by atoms with Crippen LogP contribution in [0.3, 0.4) is 0 Å². The fourth-order valence-electron chi connectivity index (χ4n) is 1.53. The van der Waals surface area contributed by atoms with Crippen LogP contribution in [0.25, 0.3) is 0 Å². The number of aromatic amines is 1. The number of esters is 1. The highest BCUT2D eigenvalue weighted by Crippen LogP contribution is 2.14. The summed E-state index contributed by atoms with van der Waals surface area (Å²) in [7, 11) is 0. The second kappa shape index (κ2) is 5.94. The number of aromatic nitrogens is 4. The normalized spacial score (nSPS) is 11.9. The lowest BCUT2D eigenvalue weighted by atomic mass is 10.2. The van der Waals surface area contributed by atoms with Gasteiger partial charge in [-0.2, -0.15) is 5.10 Å². The van der Waals surface area contributed by atoms with Crippen molar-refractivity contribution in [3.05, 3.63) is 36.0 Å². The van der Waals surface area contributed by atoms with Crippen LogP contribution in [0.1, 0.15) is 36.1 Å². The number of hydrogen-bond acceptors (Lipinski definition) is 6. The molecule has 2 heterocycles. The number of carbonyl (C=O) groups is 1. The van der Waals surface area contributed by atoms with E-state index in [1.54, 1.807) is 19.1 Å². The Labute approximate surface area is 110 Å². The number of H-pyrrole nitrogens is 1. The topological polar surface area (TPSA) is 92.8 Å². The van der Waals surface area contributed by atoms with Gasteiger partial charge >= 0.3 is 5.97 Å². The predicted molar refractivity (Wildman–Crippen MR) is 68.6 cm³/mol. The first-order chi connectivity index (χ1) is 9.20. The van der Waals surface area contributed by atoms with Crippen LogP contribution >= 0.6 is 0 Å². The third kappa shape index (κ3) is 3.27. The van der Waals surface area contributed by atoms with Gasteiger partial charge in [0.1, 0.15) is 18.0 Å². The molecule has 0 bridgehead atoms. The van der Waals surface area contributed by atoms with Crippen LogP contribution in [0.5, 0.6) is 0 Å². The molecule has 0 amide bonds. The van der Waals surface area contributed by atoms with Crippen molar-refractivity contribution in [2.24, 2.45) is 0 Å². The van der Waals surface area contributed by atoms with E-state index in [9.17, 15) is 4.79 Å². The largest absolute Gasteiger partial charge is 0.462 e. The molecule has 2 rings (SSSR count). The van der Waals surface area contributed by atoms with Gasteiger partial charge in [-0.1, -0.05) is 0 Å². The first-order valence-electron chi connectivity index (χ1n) is 5.95. The summed E-state index contributed by atoms with van der Waals surface area (Å²) in [5, 5.41) is 9.71. The zero-order valence-electron chi connectivity index (χ0n) is 10.8. The number of nitrogens with one attached hydrogen (secondary N) is 2. The van der Waals surface area contributed by atoms with Crippen LogP contribution in [0.15, 0.2) is 24.7 Å². The van der Waals surface area contributed by atoms with E-state index < -0.39 is 0 Å². The lowest BCUT2D eigenvalue weighted by Crippen LogP contribution is -2.10. The molecule has 0 saturated carbocycles. The quantitative estimate of drug-likeness (QED) is 0.793. The number of rotatable bonds is 5. The molecule has 0 aliphatic carbocycles. The summed E-state index contributed by atoms with van der Waals surface area (Å²) in [6, 6.07) is 3.34. The summed E-state index contributed by atoms with van der Waals surface area (Å²) in [4.78, 5) is 19.7. The Morgan fingerprint density at radius 2 is 2.32 bits per heavy atom. The smallest absolute Gasteiger partial charge is 0.339 e. The molecule has 0 aliphatic heterocycles. The number of pyridine rings is 1. The average molecular weight is 261 g/mol. The van der Waals surface area contributed by atoms with Gasteiger partial charge in [-0.15, -0.1) is 0 Å². The zero-order chi connectivity index (χ0) is 13.7. The second-order valence-electron chi connectivity index (χ2n) is 3.89. The van der Waals surface area contributed by atoms with Gasteiger partial charge < -0.3 is 10.1 Å². The first kappa shape index (κ1) is 13.0. The van der Waals surface area contributed by atoms with Crippen molar-refractivity contribution in [3.8, 4) is 0 Å². The standard InChI is InChI=1S/C12H15N5O2/c1-3-19-12(18)9-4-5-10(13-6-9)16-8(2)11-14-7-15-17-11/h4-8H,3H2,1-2H3,(H,13,16)(H,14,15,17). The van der Waals surface area contributed by atoms with Crippen LogP contribution in [0.4, 0.5) is 5.82 Å². The second-order valence-corrected chi connectivity index (χ2v) is 3.89. The molecule has 2 aromatic rings. The molecule has 7 nitrogen and oxygen atoms in total. The Morgan fingerprint density at radius 1 is 1.47 bits per heavy atom. The molecule has 100 valence electrons. The van der Waals surface area contributed by atoms with Crippen molar-refractivity contribution in [2.75, 3.05) is 11.9 Å². The highest BCUT2D eigenvalue weighted by Gasteiger charge is 2.10. The monoisotopic (exact) mass is 261 g/mol. The van der Waals surface area contributed by atoms with Gasteiger partial charge in [0.05, 0.1) is 18.2 Å². The van der Waals surface area contributed by atoms with Crippen LogP contribution in [-0.4, -0.2) is 32.7 Å². The molecule has 2 N–H and O–H groups in total. The molecule has 7 heteroatoms. The highest BCUT2D eigenvalue weighted by atomic mass is 16.5. The summed E-state index contributed by atoms with van der Waals surface area (Å²) >= 11 is 0. The Balaban J connectivity index is 2.01. The number of hydrogen-bond donors (Lipinski definition) is 2. The van der Waals surface area contributed by atoms with Gasteiger partial charge in [0.25, 0.3) is 0 Å². The maximum absolute atomic E-state index is 11.5. The fourth-order valence-corrected chi connectivity index (χ4v) is 1.53. The number of anilines is 1. The Morgan fingerprint density at radius 3 is 2.89 bits per heavy atom. The average Bonchev–Trinajstić information content (AvgIpc) is 2.94. The van der Waals surface area contributed by atoms with E-state index in [2.05, 4.69) is 25.5 Å². The number of ether oxygens (including phenoxy) is 1. The molecule has 0 aromatic carbocycles. The third-order valence-corrected chi connectivity index (χ3v) is 2.48. The van der Waals surface area contributed by atoms with Crippen molar-refractivity contribution >= 4 is 11.8 Å². The van der Waals surface area contributed by atoms with Crippen molar-refractivity contribution < 1.29 is 9.53 Å². The lowest BCUT2D eigenvalue weighted by molar-refractivity contribution is 0.0526. The molecule has 1 unspecified atom stereocenters. The van der Waals surface area contributed by atoms with E-state index in [-0.39, 0.29) is 12.0 Å². The summed E-state index contributed by atoms with van der Waals surface area (Å²) in [5.41, 5.74) is 0.430.